The molecule has 2 atom stereocenters. The van der Waals surface area contributed by atoms with E-state index in [1.165, 1.54) is 0 Å². The molecule has 22 heavy (non-hydrogen) atoms. The van der Waals surface area contributed by atoms with Crippen LogP contribution in [0.3, 0.4) is 0 Å². The van der Waals surface area contributed by atoms with E-state index in [0.29, 0.717) is 12.3 Å². The zero-order valence-electron chi connectivity index (χ0n) is 14.0. The largest absolute Gasteiger partial charge is 0.461 e. The fourth-order valence-corrected chi connectivity index (χ4v) is 2.26. The van der Waals surface area contributed by atoms with E-state index in [1.807, 2.05) is 51.1 Å². The van der Waals surface area contributed by atoms with Crippen molar-refractivity contribution in [3.63, 3.8) is 0 Å². The van der Waals surface area contributed by atoms with Gasteiger partial charge in [-0.25, -0.2) is 0 Å². The number of hydrogen-bond donors (Lipinski definition) is 1. The van der Waals surface area contributed by atoms with E-state index >= 15 is 0 Å². The fraction of sp³-hybridized carbons (Fsp3) is 0.556. The Bertz CT molecular complexity index is 470. The van der Waals surface area contributed by atoms with Crippen LogP contribution in [0.15, 0.2) is 30.3 Å². The number of ether oxygens (including phenoxy) is 1. The second kappa shape index (κ2) is 9.36. The normalized spacial score (nSPS) is 13.7. The second-order valence-electron chi connectivity index (χ2n) is 6.10. The van der Waals surface area contributed by atoms with Crippen LogP contribution >= 0.6 is 0 Å². The highest BCUT2D eigenvalue weighted by molar-refractivity contribution is 5.87. The average Bonchev–Trinajstić information content (AvgIpc) is 2.51. The third-order valence-electron chi connectivity index (χ3n) is 3.68. The number of rotatable bonds is 9. The molecular weight excluding hydrogens is 278 g/mol. The first-order chi connectivity index (χ1) is 10.4. The van der Waals surface area contributed by atoms with Crippen LogP contribution in [0.2, 0.25) is 0 Å². The Morgan fingerprint density at radius 2 is 1.77 bits per heavy atom. The lowest BCUT2D eigenvalue weighted by molar-refractivity contribution is -0.152. The summed E-state index contributed by atoms with van der Waals surface area (Å²) in [6.07, 6.45) is 0.892. The number of esters is 1. The molecule has 0 amide bonds. The number of carbonyl (C=O) groups is 2. The summed E-state index contributed by atoms with van der Waals surface area (Å²) in [6.45, 7) is 6.15. The summed E-state index contributed by atoms with van der Waals surface area (Å²) in [4.78, 5) is 24.4. The zero-order valence-corrected chi connectivity index (χ0v) is 14.0. The van der Waals surface area contributed by atoms with Crippen molar-refractivity contribution in [2.45, 2.75) is 46.3 Å². The third kappa shape index (κ3) is 6.39. The third-order valence-corrected chi connectivity index (χ3v) is 3.68. The molecule has 1 rings (SSSR count). The molecular formula is C18H27NO3. The highest BCUT2D eigenvalue weighted by Crippen LogP contribution is 2.19. The molecule has 0 aromatic heterocycles. The first-order valence-corrected chi connectivity index (χ1v) is 7.84. The number of nitrogens with one attached hydrogen (secondary N) is 1. The van der Waals surface area contributed by atoms with Crippen LogP contribution in [0.25, 0.3) is 0 Å². The topological polar surface area (TPSA) is 55.4 Å². The first-order valence-electron chi connectivity index (χ1n) is 7.84. The van der Waals surface area contributed by atoms with Gasteiger partial charge >= 0.3 is 5.97 Å². The van der Waals surface area contributed by atoms with Gasteiger partial charge in [0, 0.05) is 6.42 Å². The van der Waals surface area contributed by atoms with E-state index in [-0.39, 0.29) is 36.7 Å². The van der Waals surface area contributed by atoms with Gasteiger partial charge in [0.1, 0.15) is 12.4 Å². The molecule has 0 bridgehead atoms. The van der Waals surface area contributed by atoms with Crippen LogP contribution in [0.1, 0.15) is 39.2 Å². The molecule has 4 nitrogen and oxygen atoms in total. The van der Waals surface area contributed by atoms with Crippen molar-refractivity contribution >= 4 is 11.8 Å². The van der Waals surface area contributed by atoms with Crippen LogP contribution in [0.4, 0.5) is 0 Å². The van der Waals surface area contributed by atoms with Crippen molar-refractivity contribution in [3.8, 4) is 0 Å². The van der Waals surface area contributed by atoms with Gasteiger partial charge in [0.25, 0.3) is 0 Å². The molecule has 0 aliphatic carbocycles. The molecule has 122 valence electrons. The van der Waals surface area contributed by atoms with Gasteiger partial charge < -0.3 is 10.1 Å². The molecule has 1 aromatic carbocycles. The monoisotopic (exact) mass is 305 g/mol. The van der Waals surface area contributed by atoms with E-state index < -0.39 is 0 Å². The van der Waals surface area contributed by atoms with Gasteiger partial charge in [-0.15, -0.1) is 0 Å². The maximum absolute atomic E-state index is 12.3. The Labute approximate surface area is 133 Å². The van der Waals surface area contributed by atoms with Gasteiger partial charge in [0.2, 0.25) is 0 Å². The van der Waals surface area contributed by atoms with Gasteiger partial charge in [-0.3, -0.25) is 9.59 Å². The maximum Gasteiger partial charge on any atom is 0.309 e. The molecule has 0 aliphatic rings. The van der Waals surface area contributed by atoms with Crippen LogP contribution in [0, 0.1) is 11.8 Å². The Hall–Kier alpha value is -1.68. The minimum Gasteiger partial charge on any atom is -0.461 e. The summed E-state index contributed by atoms with van der Waals surface area (Å²) >= 11 is 0. The molecule has 1 aromatic rings. The predicted octanol–water partition coefficient (Wildman–Crippen LogP) is 2.96. The summed E-state index contributed by atoms with van der Waals surface area (Å²) in [5.74, 6) is -0.266. The Balaban J connectivity index is 2.61. The number of carbonyl (C=O) groups excluding carboxylic acids is 2. The van der Waals surface area contributed by atoms with E-state index in [1.54, 1.807) is 7.05 Å². The van der Waals surface area contributed by atoms with Gasteiger partial charge in [-0.2, -0.15) is 0 Å². The summed E-state index contributed by atoms with van der Waals surface area (Å²) in [5, 5.41) is 2.92. The lowest BCUT2D eigenvalue weighted by Gasteiger charge is -2.19. The Kier molecular flexibility index (Phi) is 7.82. The SMILES string of the molecule is CN[C@H](C)C(=O)C[C@H](CC(C)C)C(=O)OCc1ccccc1. The molecule has 0 heterocycles. The van der Waals surface area contributed by atoms with Gasteiger partial charge in [-0.05, 0) is 31.9 Å². The molecule has 0 aliphatic heterocycles. The van der Waals surface area contributed by atoms with Crippen molar-refractivity contribution in [2.75, 3.05) is 7.05 Å². The molecule has 0 spiro atoms. The van der Waals surface area contributed by atoms with E-state index in [9.17, 15) is 9.59 Å². The fourth-order valence-electron chi connectivity index (χ4n) is 2.26. The van der Waals surface area contributed by atoms with Crippen molar-refractivity contribution < 1.29 is 14.3 Å². The predicted molar refractivity (Wildman–Crippen MR) is 87.3 cm³/mol. The van der Waals surface area contributed by atoms with Crippen LogP contribution in [-0.2, 0) is 20.9 Å². The van der Waals surface area contributed by atoms with E-state index in [2.05, 4.69) is 5.32 Å². The van der Waals surface area contributed by atoms with E-state index in [4.69, 9.17) is 4.74 Å². The molecule has 0 saturated heterocycles. The van der Waals surface area contributed by atoms with Crippen molar-refractivity contribution in [1.82, 2.24) is 5.32 Å². The van der Waals surface area contributed by atoms with Crippen molar-refractivity contribution in [1.29, 1.82) is 0 Å². The number of Topliss-reactive ketones (excluding diaryl/α,β-unsaturated/α-hetero) is 1. The lowest BCUT2D eigenvalue weighted by atomic mass is 9.91. The quantitative estimate of drug-likeness (QED) is 0.713. The van der Waals surface area contributed by atoms with Crippen molar-refractivity contribution in [2.24, 2.45) is 11.8 Å². The number of benzene rings is 1. The smallest absolute Gasteiger partial charge is 0.309 e. The minimum absolute atomic E-state index is 0.0461. The van der Waals surface area contributed by atoms with Gasteiger partial charge in [0.05, 0.1) is 12.0 Å². The van der Waals surface area contributed by atoms with Crippen molar-refractivity contribution in [3.05, 3.63) is 35.9 Å². The summed E-state index contributed by atoms with van der Waals surface area (Å²) in [5.41, 5.74) is 0.953. The minimum atomic E-state index is -0.369. The molecule has 0 fully saturated rings. The standard InChI is InChI=1S/C18H27NO3/c1-13(2)10-16(11-17(20)14(3)19-4)18(21)22-12-15-8-6-5-7-9-15/h5-9,13-14,16,19H,10-12H2,1-4H3/t14-,16+/m1/s1. The highest BCUT2D eigenvalue weighted by Gasteiger charge is 2.26. The van der Waals surface area contributed by atoms with Gasteiger partial charge in [-0.1, -0.05) is 44.2 Å². The van der Waals surface area contributed by atoms with Crippen LogP contribution < -0.4 is 5.32 Å². The highest BCUT2D eigenvalue weighted by atomic mass is 16.5. The Morgan fingerprint density at radius 3 is 2.32 bits per heavy atom. The maximum atomic E-state index is 12.3. The molecule has 0 saturated carbocycles. The summed E-state index contributed by atoms with van der Waals surface area (Å²) < 4.78 is 5.39. The summed E-state index contributed by atoms with van der Waals surface area (Å²) in [7, 11) is 1.74. The molecule has 1 N–H and O–H groups in total. The van der Waals surface area contributed by atoms with Crippen LogP contribution in [-0.4, -0.2) is 24.8 Å². The Morgan fingerprint density at radius 1 is 1.14 bits per heavy atom. The number of ketones is 1. The molecule has 0 radical (unpaired) electrons. The van der Waals surface area contributed by atoms with E-state index in [0.717, 1.165) is 5.56 Å². The average molecular weight is 305 g/mol. The lowest BCUT2D eigenvalue weighted by Crippen LogP contribution is -2.34. The summed E-state index contributed by atoms with van der Waals surface area (Å²) in [6, 6.07) is 9.33. The molecule has 4 heteroatoms. The first kappa shape index (κ1) is 18.4. The zero-order chi connectivity index (χ0) is 16.5. The van der Waals surface area contributed by atoms with Crippen LogP contribution in [0.5, 0.6) is 0 Å². The second-order valence-corrected chi connectivity index (χ2v) is 6.10. The number of likely N-dealkylation sites (N-methyl/N-ethyl adjacent to an activating group) is 1. The number of hydrogen-bond acceptors (Lipinski definition) is 4. The van der Waals surface area contributed by atoms with Gasteiger partial charge in [0.15, 0.2) is 0 Å². The molecule has 0 unspecified atom stereocenters.